The Hall–Kier alpha value is -3.68. The van der Waals surface area contributed by atoms with E-state index >= 15 is 0 Å². The van der Waals surface area contributed by atoms with Gasteiger partial charge >= 0.3 is 23.9 Å². The molecule has 0 heterocycles. The van der Waals surface area contributed by atoms with Gasteiger partial charge in [0.05, 0.1) is 0 Å². The number of phenols is 1. The Bertz CT molecular complexity index is 825. The summed E-state index contributed by atoms with van der Waals surface area (Å²) in [6.45, 7) is 2.34. The number of para-hydroxylation sites is 2. The van der Waals surface area contributed by atoms with Gasteiger partial charge in [0.15, 0.2) is 0 Å². The van der Waals surface area contributed by atoms with Crippen LogP contribution < -0.4 is 4.74 Å². The molecular formula is C18H16O8. The van der Waals surface area contributed by atoms with Crippen molar-refractivity contribution in [2.24, 2.45) is 0 Å². The first-order chi connectivity index (χ1) is 12.2. The van der Waals surface area contributed by atoms with Crippen LogP contribution >= 0.6 is 0 Å². The highest BCUT2D eigenvalue weighted by Crippen LogP contribution is 2.17. The second-order valence-corrected chi connectivity index (χ2v) is 4.79. The average molecular weight is 360 g/mol. The summed E-state index contributed by atoms with van der Waals surface area (Å²) in [5.41, 5.74) is -0.0320. The first-order valence-corrected chi connectivity index (χ1v) is 7.23. The number of aromatic carboxylic acids is 1. The molecule has 0 atom stereocenters. The Morgan fingerprint density at radius 3 is 1.85 bits per heavy atom. The van der Waals surface area contributed by atoms with Crippen LogP contribution in [0.4, 0.5) is 0 Å². The second kappa shape index (κ2) is 9.58. The topological polar surface area (TPSA) is 127 Å². The van der Waals surface area contributed by atoms with Crippen molar-refractivity contribution in [2.45, 2.75) is 13.8 Å². The number of esters is 3. The lowest BCUT2D eigenvalue weighted by molar-refractivity contribution is -0.135. The average Bonchev–Trinajstić information content (AvgIpc) is 2.55. The standard InChI is InChI=1S/2C9H8O4/c1-6(10)13-8-5-3-2-4-7(8)9(11)12;1-6(10)13-9(12)7-4-2-3-5-8(7)11/h2-5H,1H3,(H,11,12);2-5,11H,1H3. The van der Waals surface area contributed by atoms with Gasteiger partial charge in [-0.1, -0.05) is 24.3 Å². The molecule has 0 radical (unpaired) electrons. The van der Waals surface area contributed by atoms with E-state index in [9.17, 15) is 24.3 Å². The number of hydrogen-bond donors (Lipinski definition) is 2. The van der Waals surface area contributed by atoms with Crippen molar-refractivity contribution in [3.05, 3.63) is 59.7 Å². The van der Waals surface area contributed by atoms with Crippen molar-refractivity contribution < 1.29 is 38.9 Å². The van der Waals surface area contributed by atoms with E-state index in [2.05, 4.69) is 9.47 Å². The maximum absolute atomic E-state index is 11.1. The molecule has 8 nitrogen and oxygen atoms in total. The van der Waals surface area contributed by atoms with E-state index in [4.69, 9.17) is 5.11 Å². The number of rotatable bonds is 3. The first kappa shape index (κ1) is 20.4. The van der Waals surface area contributed by atoms with Gasteiger partial charge < -0.3 is 19.7 Å². The Morgan fingerprint density at radius 1 is 0.808 bits per heavy atom. The fourth-order valence-corrected chi connectivity index (χ4v) is 1.72. The minimum absolute atomic E-state index is 0.0160. The molecule has 0 spiro atoms. The molecule has 2 aromatic carbocycles. The van der Waals surface area contributed by atoms with Crippen molar-refractivity contribution >= 4 is 23.9 Å². The molecule has 0 aliphatic heterocycles. The number of ether oxygens (including phenoxy) is 2. The van der Waals surface area contributed by atoms with Crippen LogP contribution in [0.3, 0.4) is 0 Å². The molecule has 136 valence electrons. The van der Waals surface area contributed by atoms with E-state index in [1.54, 1.807) is 24.3 Å². The summed E-state index contributed by atoms with van der Waals surface area (Å²) in [6, 6.07) is 11.8. The summed E-state index contributed by atoms with van der Waals surface area (Å²) in [5, 5.41) is 17.9. The van der Waals surface area contributed by atoms with Gasteiger partial charge in [0.2, 0.25) is 0 Å². The molecule has 26 heavy (non-hydrogen) atoms. The molecule has 0 aromatic heterocycles. The molecule has 0 unspecified atom stereocenters. The Balaban J connectivity index is 0.000000260. The normalized spacial score (nSPS) is 9.31. The molecule has 2 N–H and O–H groups in total. The molecule has 0 saturated carbocycles. The van der Waals surface area contributed by atoms with Crippen molar-refractivity contribution in [1.29, 1.82) is 0 Å². The summed E-state index contributed by atoms with van der Waals surface area (Å²) in [5.74, 6) is -3.32. The van der Waals surface area contributed by atoms with E-state index in [-0.39, 0.29) is 22.6 Å². The Kier molecular flexibility index (Phi) is 7.50. The summed E-state index contributed by atoms with van der Waals surface area (Å²) < 4.78 is 8.97. The summed E-state index contributed by atoms with van der Waals surface area (Å²) in [4.78, 5) is 42.7. The van der Waals surface area contributed by atoms with E-state index in [0.29, 0.717) is 0 Å². The minimum atomic E-state index is -1.11. The largest absolute Gasteiger partial charge is 0.507 e. The van der Waals surface area contributed by atoms with Gasteiger partial charge in [0.25, 0.3) is 0 Å². The second-order valence-electron chi connectivity index (χ2n) is 4.79. The zero-order valence-corrected chi connectivity index (χ0v) is 14.0. The van der Waals surface area contributed by atoms with E-state index in [1.165, 1.54) is 31.2 Å². The number of carbonyl (C=O) groups is 4. The zero-order valence-electron chi connectivity index (χ0n) is 14.0. The molecular weight excluding hydrogens is 344 g/mol. The highest BCUT2D eigenvalue weighted by atomic mass is 16.6. The van der Waals surface area contributed by atoms with Crippen LogP contribution in [0.1, 0.15) is 34.6 Å². The van der Waals surface area contributed by atoms with Crippen LogP contribution in [-0.4, -0.2) is 34.1 Å². The molecule has 0 fully saturated rings. The van der Waals surface area contributed by atoms with Gasteiger partial charge in [-0.05, 0) is 24.3 Å². The van der Waals surface area contributed by atoms with E-state index in [1.807, 2.05) is 0 Å². The maximum Gasteiger partial charge on any atom is 0.349 e. The third-order valence-corrected chi connectivity index (χ3v) is 2.73. The van der Waals surface area contributed by atoms with Gasteiger partial charge in [-0.15, -0.1) is 0 Å². The fraction of sp³-hybridized carbons (Fsp3) is 0.111. The predicted molar refractivity (Wildman–Crippen MR) is 88.9 cm³/mol. The summed E-state index contributed by atoms with van der Waals surface area (Å²) in [6.07, 6.45) is 0. The van der Waals surface area contributed by atoms with Crippen molar-refractivity contribution in [2.75, 3.05) is 0 Å². The highest BCUT2D eigenvalue weighted by Gasteiger charge is 2.13. The summed E-state index contributed by atoms with van der Waals surface area (Å²) >= 11 is 0. The Labute approximate surface area is 148 Å². The molecule has 0 aliphatic carbocycles. The van der Waals surface area contributed by atoms with Crippen molar-refractivity contribution in [3.8, 4) is 11.5 Å². The quantitative estimate of drug-likeness (QED) is 0.485. The fourth-order valence-electron chi connectivity index (χ4n) is 1.72. The molecule has 2 rings (SSSR count). The number of carboxylic acids is 1. The molecule has 2 aromatic rings. The SMILES string of the molecule is CC(=O)OC(=O)c1ccccc1O.CC(=O)Oc1ccccc1C(=O)O. The summed E-state index contributed by atoms with van der Waals surface area (Å²) in [7, 11) is 0. The number of aromatic hydroxyl groups is 1. The lowest BCUT2D eigenvalue weighted by Crippen LogP contribution is -2.09. The Morgan fingerprint density at radius 2 is 1.35 bits per heavy atom. The van der Waals surface area contributed by atoms with Gasteiger partial charge in [-0.25, -0.2) is 9.59 Å². The van der Waals surface area contributed by atoms with Crippen molar-refractivity contribution in [3.63, 3.8) is 0 Å². The molecule has 8 heteroatoms. The van der Waals surface area contributed by atoms with Gasteiger partial charge in [0.1, 0.15) is 22.6 Å². The van der Waals surface area contributed by atoms with Gasteiger partial charge in [0, 0.05) is 13.8 Å². The molecule has 0 saturated heterocycles. The monoisotopic (exact) mass is 360 g/mol. The molecule has 0 aliphatic rings. The van der Waals surface area contributed by atoms with Crippen LogP contribution in [0.15, 0.2) is 48.5 Å². The molecule has 0 bridgehead atoms. The van der Waals surface area contributed by atoms with Crippen LogP contribution in [0.5, 0.6) is 11.5 Å². The first-order valence-electron chi connectivity index (χ1n) is 7.23. The lowest BCUT2D eigenvalue weighted by atomic mass is 10.2. The lowest BCUT2D eigenvalue weighted by Gasteiger charge is -2.03. The number of benzene rings is 2. The van der Waals surface area contributed by atoms with Crippen LogP contribution in [0, 0.1) is 0 Å². The van der Waals surface area contributed by atoms with Gasteiger partial charge in [-0.3, -0.25) is 9.59 Å². The third-order valence-electron chi connectivity index (χ3n) is 2.73. The number of phenolic OH excluding ortho intramolecular Hbond substituents is 1. The minimum Gasteiger partial charge on any atom is -0.507 e. The predicted octanol–water partition coefficient (Wildman–Crippen LogP) is 2.41. The number of hydrogen-bond acceptors (Lipinski definition) is 7. The number of carboxylic acid groups (broad SMARTS) is 1. The number of carbonyl (C=O) groups excluding carboxylic acids is 3. The van der Waals surface area contributed by atoms with Crippen LogP contribution in [0.25, 0.3) is 0 Å². The highest BCUT2D eigenvalue weighted by molar-refractivity contribution is 5.98. The van der Waals surface area contributed by atoms with E-state index in [0.717, 1.165) is 6.92 Å². The van der Waals surface area contributed by atoms with Crippen LogP contribution in [0.2, 0.25) is 0 Å². The zero-order chi connectivity index (χ0) is 19.7. The van der Waals surface area contributed by atoms with Gasteiger partial charge in [-0.2, -0.15) is 0 Å². The maximum atomic E-state index is 11.1. The van der Waals surface area contributed by atoms with E-state index < -0.39 is 23.9 Å². The third kappa shape index (κ3) is 6.44. The smallest absolute Gasteiger partial charge is 0.349 e. The molecule has 0 amide bonds. The van der Waals surface area contributed by atoms with Crippen LogP contribution in [-0.2, 0) is 14.3 Å². The van der Waals surface area contributed by atoms with Crippen molar-refractivity contribution in [1.82, 2.24) is 0 Å².